The quantitative estimate of drug-likeness (QED) is 0.307. The molecule has 0 radical (unpaired) electrons. The van der Waals surface area contributed by atoms with Crippen LogP contribution in [0.1, 0.15) is 11.8 Å². The Bertz CT molecular complexity index is 1090. The van der Waals surface area contributed by atoms with E-state index < -0.39 is 31.1 Å². The Morgan fingerprint density at radius 1 is 1.16 bits per heavy atom. The number of aliphatic hydroxyl groups is 3. The molecule has 3 aromatic rings. The lowest BCUT2D eigenvalue weighted by Gasteiger charge is -2.17. The van der Waals surface area contributed by atoms with E-state index in [1.54, 1.807) is 14.2 Å². The number of nitrogen functional groups attached to an aromatic ring is 1. The number of rotatable bonds is 8. The van der Waals surface area contributed by atoms with Gasteiger partial charge in [0.1, 0.15) is 23.8 Å². The maximum Gasteiger partial charge on any atom is 0.226 e. The molecule has 0 bridgehead atoms. The van der Waals surface area contributed by atoms with Crippen molar-refractivity contribution < 1.29 is 29.5 Å². The fourth-order valence-electron chi connectivity index (χ4n) is 3.67. The summed E-state index contributed by atoms with van der Waals surface area (Å²) in [5.41, 5.74) is 7.75. The topological polar surface area (TPSA) is 170 Å². The van der Waals surface area contributed by atoms with Crippen LogP contribution in [0.3, 0.4) is 0 Å². The van der Waals surface area contributed by atoms with Gasteiger partial charge in [0.05, 0.1) is 27.2 Å². The standard InChI is InChI=1S/C20H26N6O6/c1-30-11-4-3-10(7-12(11)31-2)5-6-22-20-24-17(21)14-18(25-20)26(9-23-14)19-16(29)15(28)13(8-27)32-19/h3-4,7,9,13,15-16,19,27-29H,5-6,8H2,1-2H3,(H3,21,22,24,25)/t13-,15-,16-,19?/m1/s1. The zero-order valence-corrected chi connectivity index (χ0v) is 17.7. The molecule has 32 heavy (non-hydrogen) atoms. The van der Waals surface area contributed by atoms with Crippen LogP contribution in [0.25, 0.3) is 11.2 Å². The first-order chi connectivity index (χ1) is 15.5. The molecule has 0 aliphatic carbocycles. The van der Waals surface area contributed by atoms with Crippen molar-refractivity contribution in [3.63, 3.8) is 0 Å². The molecule has 1 aliphatic rings. The normalized spacial score (nSPS) is 22.9. The molecule has 172 valence electrons. The third-order valence-electron chi connectivity index (χ3n) is 5.38. The number of benzene rings is 1. The van der Waals surface area contributed by atoms with Crippen LogP contribution in [0.5, 0.6) is 11.5 Å². The highest BCUT2D eigenvalue weighted by Gasteiger charge is 2.44. The van der Waals surface area contributed by atoms with E-state index >= 15 is 0 Å². The number of imidazole rings is 1. The van der Waals surface area contributed by atoms with E-state index in [-0.39, 0.29) is 11.8 Å². The lowest BCUT2D eigenvalue weighted by atomic mass is 10.1. The Balaban J connectivity index is 1.51. The van der Waals surface area contributed by atoms with Gasteiger partial charge in [0.15, 0.2) is 29.2 Å². The van der Waals surface area contributed by atoms with Gasteiger partial charge in [-0.05, 0) is 24.1 Å². The van der Waals surface area contributed by atoms with Crippen molar-refractivity contribution in [2.24, 2.45) is 0 Å². The first-order valence-corrected chi connectivity index (χ1v) is 10.0. The Kier molecular flexibility index (Phi) is 6.28. The van der Waals surface area contributed by atoms with Gasteiger partial charge in [-0.1, -0.05) is 6.07 Å². The van der Waals surface area contributed by atoms with E-state index in [0.29, 0.717) is 35.6 Å². The van der Waals surface area contributed by atoms with Crippen molar-refractivity contribution in [2.45, 2.75) is 31.0 Å². The van der Waals surface area contributed by atoms with Gasteiger partial charge < -0.3 is 40.6 Å². The average molecular weight is 446 g/mol. The monoisotopic (exact) mass is 446 g/mol. The first-order valence-electron chi connectivity index (χ1n) is 10.0. The van der Waals surface area contributed by atoms with Crippen molar-refractivity contribution >= 4 is 22.9 Å². The summed E-state index contributed by atoms with van der Waals surface area (Å²) < 4.78 is 17.6. The maximum atomic E-state index is 10.3. The number of aliphatic hydroxyl groups excluding tert-OH is 3. The third kappa shape index (κ3) is 4.00. The summed E-state index contributed by atoms with van der Waals surface area (Å²) in [5.74, 6) is 1.75. The van der Waals surface area contributed by atoms with Crippen LogP contribution >= 0.6 is 0 Å². The Labute approximate surface area is 183 Å². The number of nitrogens with one attached hydrogen (secondary N) is 1. The second kappa shape index (κ2) is 9.12. The molecule has 4 atom stereocenters. The van der Waals surface area contributed by atoms with Gasteiger partial charge in [-0.3, -0.25) is 4.57 Å². The molecule has 1 saturated heterocycles. The minimum atomic E-state index is -1.26. The molecule has 2 aromatic heterocycles. The van der Waals surface area contributed by atoms with Crippen LogP contribution in [0, 0.1) is 0 Å². The summed E-state index contributed by atoms with van der Waals surface area (Å²) in [5, 5.41) is 32.8. The van der Waals surface area contributed by atoms with Crippen LogP contribution in [0.2, 0.25) is 0 Å². The molecule has 1 aromatic carbocycles. The van der Waals surface area contributed by atoms with Gasteiger partial charge in [-0.15, -0.1) is 0 Å². The predicted molar refractivity (Wildman–Crippen MR) is 114 cm³/mol. The van der Waals surface area contributed by atoms with Crippen molar-refractivity contribution in [2.75, 3.05) is 38.4 Å². The van der Waals surface area contributed by atoms with Crippen molar-refractivity contribution in [3.8, 4) is 11.5 Å². The number of hydrogen-bond acceptors (Lipinski definition) is 11. The predicted octanol–water partition coefficient (Wildman–Crippen LogP) is -0.308. The first kappa shape index (κ1) is 22.0. The number of nitrogens with zero attached hydrogens (tertiary/aromatic N) is 4. The van der Waals surface area contributed by atoms with E-state index in [1.165, 1.54) is 10.9 Å². The van der Waals surface area contributed by atoms with Gasteiger partial charge in [-0.25, -0.2) is 4.98 Å². The largest absolute Gasteiger partial charge is 0.493 e. The minimum Gasteiger partial charge on any atom is -0.493 e. The van der Waals surface area contributed by atoms with Crippen LogP contribution in [-0.2, 0) is 11.2 Å². The minimum absolute atomic E-state index is 0.161. The lowest BCUT2D eigenvalue weighted by Crippen LogP contribution is -2.33. The average Bonchev–Trinajstić information content (AvgIpc) is 3.34. The summed E-state index contributed by atoms with van der Waals surface area (Å²) >= 11 is 0. The summed E-state index contributed by atoms with van der Waals surface area (Å²) in [7, 11) is 3.17. The molecule has 1 unspecified atom stereocenters. The molecule has 12 nitrogen and oxygen atoms in total. The van der Waals surface area contributed by atoms with Crippen LogP contribution in [0.15, 0.2) is 24.5 Å². The number of ether oxygens (including phenoxy) is 3. The van der Waals surface area contributed by atoms with E-state index in [9.17, 15) is 15.3 Å². The second-order valence-electron chi connectivity index (χ2n) is 7.35. The van der Waals surface area contributed by atoms with Crippen molar-refractivity contribution in [1.82, 2.24) is 19.5 Å². The summed E-state index contributed by atoms with van der Waals surface area (Å²) in [6, 6.07) is 5.68. The molecule has 3 heterocycles. The highest BCUT2D eigenvalue weighted by atomic mass is 16.6. The highest BCUT2D eigenvalue weighted by molar-refractivity contribution is 5.83. The fourth-order valence-corrected chi connectivity index (χ4v) is 3.67. The van der Waals surface area contributed by atoms with E-state index in [0.717, 1.165) is 5.56 Å². The van der Waals surface area contributed by atoms with Crippen LogP contribution in [0.4, 0.5) is 11.8 Å². The summed E-state index contributed by atoms with van der Waals surface area (Å²) in [4.78, 5) is 12.9. The molecule has 0 amide bonds. The number of anilines is 2. The van der Waals surface area contributed by atoms with E-state index in [4.69, 9.17) is 19.9 Å². The number of fused-ring (bicyclic) bond motifs is 1. The van der Waals surface area contributed by atoms with Crippen molar-refractivity contribution in [1.29, 1.82) is 0 Å². The molecular weight excluding hydrogens is 420 g/mol. The zero-order valence-electron chi connectivity index (χ0n) is 17.7. The smallest absolute Gasteiger partial charge is 0.226 e. The fraction of sp³-hybridized carbons (Fsp3) is 0.450. The summed E-state index contributed by atoms with van der Waals surface area (Å²) in [6.07, 6.45) is -2.31. The van der Waals surface area contributed by atoms with E-state index in [2.05, 4.69) is 20.3 Å². The van der Waals surface area contributed by atoms with Gasteiger partial charge in [-0.2, -0.15) is 9.97 Å². The van der Waals surface area contributed by atoms with Crippen molar-refractivity contribution in [3.05, 3.63) is 30.1 Å². The summed E-state index contributed by atoms with van der Waals surface area (Å²) in [6.45, 7) is 0.0872. The lowest BCUT2D eigenvalue weighted by molar-refractivity contribution is -0.0511. The maximum absolute atomic E-state index is 10.3. The molecule has 6 N–H and O–H groups in total. The number of aromatic nitrogens is 4. The van der Waals surface area contributed by atoms with Gasteiger partial charge >= 0.3 is 0 Å². The molecule has 4 rings (SSSR count). The third-order valence-corrected chi connectivity index (χ3v) is 5.38. The van der Waals surface area contributed by atoms with Crippen LogP contribution < -0.4 is 20.5 Å². The number of methoxy groups -OCH3 is 2. The molecule has 1 fully saturated rings. The van der Waals surface area contributed by atoms with Crippen LogP contribution in [-0.4, -0.2) is 80.5 Å². The molecule has 12 heteroatoms. The number of nitrogens with two attached hydrogens (primary N) is 1. The zero-order chi connectivity index (χ0) is 22.8. The molecule has 0 spiro atoms. The van der Waals surface area contributed by atoms with Gasteiger partial charge in [0.2, 0.25) is 5.95 Å². The van der Waals surface area contributed by atoms with Gasteiger partial charge in [0.25, 0.3) is 0 Å². The second-order valence-corrected chi connectivity index (χ2v) is 7.35. The van der Waals surface area contributed by atoms with E-state index in [1.807, 2.05) is 18.2 Å². The Morgan fingerprint density at radius 3 is 2.62 bits per heavy atom. The Morgan fingerprint density at radius 2 is 1.94 bits per heavy atom. The molecule has 1 aliphatic heterocycles. The Hall–Kier alpha value is -3.19. The molecule has 0 saturated carbocycles. The van der Waals surface area contributed by atoms with Gasteiger partial charge in [0, 0.05) is 6.54 Å². The molecular formula is C20H26N6O6. The number of hydrogen-bond donors (Lipinski definition) is 5. The SMILES string of the molecule is COc1ccc(CCNc2nc(N)c3ncn(C4O[C@H](CO)[C@@H](O)[C@H]4O)c3n2)cc1OC. The highest BCUT2D eigenvalue weighted by Crippen LogP contribution is 2.32.